The minimum Gasteiger partial charge on any atom is -0.494 e. The van der Waals surface area contributed by atoms with E-state index in [0.717, 1.165) is 27.6 Å². The number of amides is 2. The van der Waals surface area contributed by atoms with Gasteiger partial charge in [0.1, 0.15) is 23.1 Å². The summed E-state index contributed by atoms with van der Waals surface area (Å²) < 4.78 is 11.3. The molecule has 0 radical (unpaired) electrons. The van der Waals surface area contributed by atoms with E-state index in [-0.39, 0.29) is 18.4 Å². The fourth-order valence-corrected chi connectivity index (χ4v) is 4.83. The maximum atomic E-state index is 13.0. The normalized spacial score (nSPS) is 14.7. The van der Waals surface area contributed by atoms with Gasteiger partial charge in [-0.1, -0.05) is 30.3 Å². The van der Waals surface area contributed by atoms with Gasteiger partial charge in [-0.25, -0.2) is 4.98 Å². The molecule has 1 N–H and O–H groups in total. The summed E-state index contributed by atoms with van der Waals surface area (Å²) in [5.41, 5.74) is 3.86. The van der Waals surface area contributed by atoms with Crippen molar-refractivity contribution in [3.63, 3.8) is 0 Å². The summed E-state index contributed by atoms with van der Waals surface area (Å²) in [6.07, 6.45) is -0.689. The van der Waals surface area contributed by atoms with Crippen LogP contribution in [0, 0.1) is 0 Å². The van der Waals surface area contributed by atoms with Gasteiger partial charge in [0, 0.05) is 22.2 Å². The number of aromatic nitrogens is 1. The topological polar surface area (TPSA) is 80.8 Å². The van der Waals surface area contributed by atoms with Gasteiger partial charge in [0.15, 0.2) is 6.10 Å². The minimum absolute atomic E-state index is 0.136. The third kappa shape index (κ3) is 4.94. The molecule has 0 spiro atoms. The molecule has 4 aromatic rings. The van der Waals surface area contributed by atoms with Crippen LogP contribution in [0.4, 0.5) is 11.4 Å². The number of carbonyl (C=O) groups is 2. The second-order valence-corrected chi connectivity index (χ2v) is 9.13. The van der Waals surface area contributed by atoms with E-state index in [1.54, 1.807) is 42.5 Å². The Morgan fingerprint density at radius 2 is 1.86 bits per heavy atom. The fourth-order valence-electron chi connectivity index (χ4n) is 3.99. The first-order valence-electron chi connectivity index (χ1n) is 11.7. The first-order valence-corrected chi connectivity index (χ1v) is 12.6. The highest BCUT2D eigenvalue weighted by molar-refractivity contribution is 7.13. The van der Waals surface area contributed by atoms with Gasteiger partial charge in [-0.3, -0.25) is 14.5 Å². The lowest BCUT2D eigenvalue weighted by Gasteiger charge is -2.32. The van der Waals surface area contributed by atoms with Crippen LogP contribution in [0.5, 0.6) is 11.5 Å². The van der Waals surface area contributed by atoms with Crippen molar-refractivity contribution in [1.29, 1.82) is 0 Å². The predicted octanol–water partition coefficient (Wildman–Crippen LogP) is 5.63. The number of nitrogens with zero attached hydrogens (tertiary/aromatic N) is 2. The van der Waals surface area contributed by atoms with Gasteiger partial charge in [-0.05, 0) is 56.3 Å². The van der Waals surface area contributed by atoms with Crippen molar-refractivity contribution in [3.8, 4) is 33.3 Å². The lowest BCUT2D eigenvalue weighted by molar-refractivity contribution is -0.127. The molecule has 0 saturated carbocycles. The van der Waals surface area contributed by atoms with Crippen LogP contribution in [0.25, 0.3) is 21.8 Å². The van der Waals surface area contributed by atoms with Gasteiger partial charge >= 0.3 is 0 Å². The molecule has 8 heteroatoms. The van der Waals surface area contributed by atoms with Crippen LogP contribution in [0.1, 0.15) is 13.8 Å². The minimum atomic E-state index is -0.689. The van der Waals surface area contributed by atoms with E-state index < -0.39 is 6.10 Å². The van der Waals surface area contributed by atoms with Crippen LogP contribution in [-0.4, -0.2) is 36.1 Å². The Morgan fingerprint density at radius 3 is 2.61 bits per heavy atom. The van der Waals surface area contributed by atoms with Crippen LogP contribution in [0.2, 0.25) is 0 Å². The molecule has 5 rings (SSSR count). The number of fused-ring (bicyclic) bond motifs is 1. The van der Waals surface area contributed by atoms with Crippen LogP contribution < -0.4 is 19.7 Å². The number of carbonyl (C=O) groups excluding carboxylic acids is 2. The smallest absolute Gasteiger partial charge is 0.268 e. The predicted molar refractivity (Wildman–Crippen MR) is 142 cm³/mol. The van der Waals surface area contributed by atoms with Crippen LogP contribution in [-0.2, 0) is 9.59 Å². The molecule has 36 heavy (non-hydrogen) atoms. The molecular formula is C28H25N3O4S. The summed E-state index contributed by atoms with van der Waals surface area (Å²) in [5, 5.41) is 5.75. The molecule has 0 aliphatic carbocycles. The number of hydrogen-bond acceptors (Lipinski definition) is 6. The van der Waals surface area contributed by atoms with Gasteiger partial charge in [0.2, 0.25) is 5.91 Å². The third-order valence-electron chi connectivity index (χ3n) is 5.74. The highest BCUT2D eigenvalue weighted by atomic mass is 32.1. The van der Waals surface area contributed by atoms with Crippen molar-refractivity contribution >= 4 is 34.5 Å². The Kier molecular flexibility index (Phi) is 6.69. The monoisotopic (exact) mass is 499 g/mol. The van der Waals surface area contributed by atoms with E-state index >= 15 is 0 Å². The molecule has 3 aromatic carbocycles. The third-order valence-corrected chi connectivity index (χ3v) is 6.63. The average Bonchev–Trinajstić information content (AvgIpc) is 3.39. The Morgan fingerprint density at radius 1 is 1.08 bits per heavy atom. The van der Waals surface area contributed by atoms with E-state index in [1.807, 2.05) is 60.8 Å². The molecular weight excluding hydrogens is 474 g/mol. The number of hydrogen-bond donors (Lipinski definition) is 1. The zero-order valence-corrected chi connectivity index (χ0v) is 20.7. The highest BCUT2D eigenvalue weighted by Crippen LogP contribution is 2.38. The summed E-state index contributed by atoms with van der Waals surface area (Å²) in [6.45, 7) is 4.03. The largest absolute Gasteiger partial charge is 0.494 e. The number of anilines is 2. The first kappa shape index (κ1) is 23.6. The van der Waals surface area contributed by atoms with Crippen LogP contribution in [0.3, 0.4) is 0 Å². The van der Waals surface area contributed by atoms with Crippen molar-refractivity contribution in [2.75, 3.05) is 23.4 Å². The average molecular weight is 500 g/mol. The van der Waals surface area contributed by atoms with Crippen molar-refractivity contribution in [2.24, 2.45) is 0 Å². The molecule has 2 amide bonds. The lowest BCUT2D eigenvalue weighted by Crippen LogP contribution is -2.47. The van der Waals surface area contributed by atoms with E-state index in [2.05, 4.69) is 5.32 Å². The van der Waals surface area contributed by atoms with Crippen molar-refractivity contribution in [3.05, 3.63) is 78.2 Å². The Bertz CT molecular complexity index is 1390. The van der Waals surface area contributed by atoms with E-state index in [4.69, 9.17) is 14.5 Å². The summed E-state index contributed by atoms with van der Waals surface area (Å²) in [4.78, 5) is 32.2. The molecule has 182 valence electrons. The van der Waals surface area contributed by atoms with Gasteiger partial charge in [-0.2, -0.15) is 0 Å². The summed E-state index contributed by atoms with van der Waals surface area (Å²) in [6, 6.07) is 22.7. The molecule has 1 aliphatic heterocycles. The van der Waals surface area contributed by atoms with Gasteiger partial charge < -0.3 is 14.8 Å². The lowest BCUT2D eigenvalue weighted by atomic mass is 10.1. The maximum Gasteiger partial charge on any atom is 0.268 e. The highest BCUT2D eigenvalue weighted by Gasteiger charge is 2.33. The standard InChI is InChI=1S/C28H25N3O4S/c1-3-34-22-12-10-21(11-13-22)29-26(32)16-31-24-15-20(9-14-25(24)35-18(2)28(31)33)23-17-36-27(30-23)19-7-5-4-6-8-19/h4-15,17-18H,3,16H2,1-2H3,(H,29,32). The van der Waals surface area contributed by atoms with Crippen LogP contribution in [0.15, 0.2) is 78.2 Å². The molecule has 0 bridgehead atoms. The number of nitrogens with one attached hydrogen (secondary N) is 1. The second-order valence-electron chi connectivity index (χ2n) is 8.28. The summed E-state index contributed by atoms with van der Waals surface area (Å²) in [7, 11) is 0. The van der Waals surface area contributed by atoms with E-state index in [0.29, 0.717) is 23.7 Å². The first-order chi connectivity index (χ1) is 17.5. The zero-order chi connectivity index (χ0) is 25.1. The molecule has 0 saturated heterocycles. The fraction of sp³-hybridized carbons (Fsp3) is 0.179. The van der Waals surface area contributed by atoms with Crippen LogP contribution >= 0.6 is 11.3 Å². The Labute approximate surface area is 213 Å². The Balaban J connectivity index is 1.38. The van der Waals surface area contributed by atoms with E-state index in [9.17, 15) is 9.59 Å². The maximum absolute atomic E-state index is 13.0. The zero-order valence-electron chi connectivity index (χ0n) is 19.9. The quantitative estimate of drug-likeness (QED) is 0.357. The second kappa shape index (κ2) is 10.2. The van der Waals surface area contributed by atoms with Gasteiger partial charge in [-0.15, -0.1) is 11.3 Å². The molecule has 1 atom stereocenters. The van der Waals surface area contributed by atoms with Crippen molar-refractivity contribution in [1.82, 2.24) is 4.98 Å². The molecule has 2 heterocycles. The summed E-state index contributed by atoms with van der Waals surface area (Å²) in [5.74, 6) is 0.701. The number of benzene rings is 3. The number of thiazole rings is 1. The summed E-state index contributed by atoms with van der Waals surface area (Å²) >= 11 is 1.56. The van der Waals surface area contributed by atoms with Crippen molar-refractivity contribution < 1.29 is 19.1 Å². The van der Waals surface area contributed by atoms with Crippen molar-refractivity contribution in [2.45, 2.75) is 20.0 Å². The number of ether oxygens (including phenoxy) is 2. The van der Waals surface area contributed by atoms with Gasteiger partial charge in [0.25, 0.3) is 5.91 Å². The molecule has 1 aliphatic rings. The molecule has 1 unspecified atom stereocenters. The Hall–Kier alpha value is -4.17. The van der Waals surface area contributed by atoms with E-state index in [1.165, 1.54) is 4.90 Å². The molecule has 0 fully saturated rings. The SMILES string of the molecule is CCOc1ccc(NC(=O)CN2C(=O)C(C)Oc3ccc(-c4csc(-c5ccccc5)n4)cc32)cc1. The molecule has 1 aromatic heterocycles. The number of rotatable bonds is 7. The van der Waals surface area contributed by atoms with Gasteiger partial charge in [0.05, 0.1) is 18.0 Å². The molecule has 7 nitrogen and oxygen atoms in total.